The highest BCUT2D eigenvalue weighted by Gasteiger charge is 2.24. The maximum absolute atomic E-state index is 6.51. The van der Waals surface area contributed by atoms with Crippen LogP contribution in [0.3, 0.4) is 0 Å². The first-order valence-corrected chi connectivity index (χ1v) is 7.71. The molecule has 0 aliphatic rings. The lowest BCUT2D eigenvalue weighted by molar-refractivity contribution is 0.491. The second-order valence-corrected chi connectivity index (χ2v) is 7.43. The highest BCUT2D eigenvalue weighted by atomic mass is 35.5. The van der Waals surface area contributed by atoms with Crippen LogP contribution in [0.1, 0.15) is 44.4 Å². The van der Waals surface area contributed by atoms with E-state index < -0.39 is 5.54 Å². The molecule has 0 saturated carbocycles. The average Bonchev–Trinajstić information content (AvgIpc) is 2.38. The Morgan fingerprint density at radius 2 is 1.48 bits per heavy atom. The van der Waals surface area contributed by atoms with Crippen molar-refractivity contribution in [2.24, 2.45) is 5.73 Å². The molecule has 21 heavy (non-hydrogen) atoms. The zero-order valence-corrected chi connectivity index (χ0v) is 14.0. The third-order valence-electron chi connectivity index (χ3n) is 3.88. The highest BCUT2D eigenvalue weighted by molar-refractivity contribution is 6.31. The summed E-state index contributed by atoms with van der Waals surface area (Å²) < 4.78 is 0. The Kier molecular flexibility index (Phi) is 4.46. The molecule has 0 heterocycles. The summed E-state index contributed by atoms with van der Waals surface area (Å²) in [5.74, 6) is 0. The summed E-state index contributed by atoms with van der Waals surface area (Å²) in [5, 5.41) is 0.730. The predicted molar refractivity (Wildman–Crippen MR) is 91.8 cm³/mol. The average molecular weight is 302 g/mol. The molecule has 1 nitrogen and oxygen atoms in total. The molecule has 0 saturated heterocycles. The second kappa shape index (κ2) is 5.82. The first-order chi connectivity index (χ1) is 9.70. The van der Waals surface area contributed by atoms with Crippen LogP contribution in [0.15, 0.2) is 48.5 Å². The molecule has 0 aliphatic carbocycles. The van der Waals surface area contributed by atoms with Crippen molar-refractivity contribution in [1.29, 1.82) is 0 Å². The van der Waals surface area contributed by atoms with Crippen LogP contribution in [-0.2, 0) is 17.4 Å². The molecule has 0 spiro atoms. The monoisotopic (exact) mass is 301 g/mol. The maximum Gasteiger partial charge on any atom is 0.0456 e. The second-order valence-electron chi connectivity index (χ2n) is 7.02. The molecular formula is C19H24ClN. The Labute approximate surface area is 133 Å². The van der Waals surface area contributed by atoms with Crippen LogP contribution >= 0.6 is 11.6 Å². The van der Waals surface area contributed by atoms with Gasteiger partial charge in [0.15, 0.2) is 0 Å². The van der Waals surface area contributed by atoms with Crippen LogP contribution in [0.25, 0.3) is 0 Å². The van der Waals surface area contributed by atoms with Crippen LogP contribution in [0.4, 0.5) is 0 Å². The molecule has 1 atom stereocenters. The van der Waals surface area contributed by atoms with Gasteiger partial charge in [-0.2, -0.15) is 0 Å². The number of hydrogen-bond acceptors (Lipinski definition) is 1. The van der Waals surface area contributed by atoms with Crippen LogP contribution < -0.4 is 5.73 Å². The molecule has 2 aromatic rings. The molecule has 0 bridgehead atoms. The van der Waals surface area contributed by atoms with E-state index in [-0.39, 0.29) is 5.41 Å². The van der Waals surface area contributed by atoms with Crippen LogP contribution in [0, 0.1) is 0 Å². The Morgan fingerprint density at radius 3 is 2.00 bits per heavy atom. The van der Waals surface area contributed by atoms with E-state index in [4.69, 9.17) is 17.3 Å². The molecule has 0 radical (unpaired) electrons. The summed E-state index contributed by atoms with van der Waals surface area (Å²) in [6.07, 6.45) is 0.765. The zero-order valence-electron chi connectivity index (χ0n) is 13.3. The minimum atomic E-state index is -0.471. The van der Waals surface area contributed by atoms with E-state index in [0.717, 1.165) is 17.0 Å². The smallest absolute Gasteiger partial charge is 0.0456 e. The van der Waals surface area contributed by atoms with Crippen molar-refractivity contribution in [2.45, 2.75) is 45.1 Å². The van der Waals surface area contributed by atoms with E-state index in [1.165, 1.54) is 11.1 Å². The van der Waals surface area contributed by atoms with Gasteiger partial charge >= 0.3 is 0 Å². The van der Waals surface area contributed by atoms with Gasteiger partial charge in [0, 0.05) is 10.6 Å². The van der Waals surface area contributed by atoms with E-state index in [1.54, 1.807) is 0 Å². The molecule has 0 amide bonds. The Bertz CT molecular complexity index is 606. The minimum absolute atomic E-state index is 0.174. The SMILES string of the molecule is CC(C)(C)c1ccc(CC(C)(N)c2ccccc2Cl)cc1. The number of rotatable bonds is 3. The zero-order chi connectivity index (χ0) is 15.7. The molecule has 0 aliphatic heterocycles. The van der Waals surface area contributed by atoms with Gasteiger partial charge in [0.05, 0.1) is 0 Å². The van der Waals surface area contributed by atoms with Gasteiger partial charge in [0.1, 0.15) is 0 Å². The summed E-state index contributed by atoms with van der Waals surface area (Å²) in [5.41, 5.74) is 9.77. The first kappa shape index (κ1) is 16.1. The molecule has 2 heteroatoms. The first-order valence-electron chi connectivity index (χ1n) is 7.33. The van der Waals surface area contributed by atoms with Gasteiger partial charge in [-0.3, -0.25) is 0 Å². The quantitative estimate of drug-likeness (QED) is 0.843. The van der Waals surface area contributed by atoms with Gasteiger partial charge in [-0.1, -0.05) is 74.8 Å². The van der Waals surface area contributed by atoms with Crippen molar-refractivity contribution in [3.8, 4) is 0 Å². The molecular weight excluding hydrogens is 278 g/mol. The fraction of sp³-hybridized carbons (Fsp3) is 0.368. The summed E-state index contributed by atoms with van der Waals surface area (Å²) in [6, 6.07) is 16.5. The van der Waals surface area contributed by atoms with E-state index in [1.807, 2.05) is 31.2 Å². The normalized spacial score (nSPS) is 14.8. The Morgan fingerprint density at radius 1 is 0.905 bits per heavy atom. The van der Waals surface area contributed by atoms with Crippen molar-refractivity contribution < 1.29 is 0 Å². The van der Waals surface area contributed by atoms with E-state index >= 15 is 0 Å². The number of nitrogens with two attached hydrogens (primary N) is 1. The summed E-state index contributed by atoms with van der Waals surface area (Å²) in [7, 11) is 0. The third kappa shape index (κ3) is 3.87. The van der Waals surface area contributed by atoms with Crippen molar-refractivity contribution in [1.82, 2.24) is 0 Å². The van der Waals surface area contributed by atoms with Crippen LogP contribution in [0.2, 0.25) is 5.02 Å². The third-order valence-corrected chi connectivity index (χ3v) is 4.21. The largest absolute Gasteiger partial charge is 0.321 e. The van der Waals surface area contributed by atoms with Crippen molar-refractivity contribution in [2.75, 3.05) is 0 Å². The summed E-state index contributed by atoms with van der Waals surface area (Å²) >= 11 is 6.28. The Hall–Kier alpha value is -1.31. The highest BCUT2D eigenvalue weighted by Crippen LogP contribution is 2.30. The molecule has 1 unspecified atom stereocenters. The number of hydrogen-bond donors (Lipinski definition) is 1. The maximum atomic E-state index is 6.51. The lowest BCUT2D eigenvalue weighted by Crippen LogP contribution is -2.35. The van der Waals surface area contributed by atoms with Gasteiger partial charge in [0.25, 0.3) is 0 Å². The number of benzene rings is 2. The summed E-state index contributed by atoms with van der Waals surface area (Å²) in [6.45, 7) is 8.70. The van der Waals surface area contributed by atoms with Crippen LogP contribution in [0.5, 0.6) is 0 Å². The number of halogens is 1. The fourth-order valence-corrected chi connectivity index (χ4v) is 2.92. The molecule has 0 fully saturated rings. The topological polar surface area (TPSA) is 26.0 Å². The fourth-order valence-electron chi connectivity index (χ4n) is 2.57. The van der Waals surface area contributed by atoms with E-state index in [2.05, 4.69) is 45.0 Å². The molecule has 2 rings (SSSR count). The Balaban J connectivity index is 2.23. The molecule has 0 aromatic heterocycles. The lowest BCUT2D eigenvalue weighted by Gasteiger charge is -2.27. The van der Waals surface area contributed by atoms with E-state index in [9.17, 15) is 0 Å². The summed E-state index contributed by atoms with van der Waals surface area (Å²) in [4.78, 5) is 0. The standard InChI is InChI=1S/C19H24ClN/c1-18(2,3)15-11-9-14(10-12-15)13-19(4,21)16-7-5-6-8-17(16)20/h5-12H,13,21H2,1-4H3. The van der Waals surface area contributed by atoms with Gasteiger partial charge in [0.2, 0.25) is 0 Å². The van der Waals surface area contributed by atoms with Crippen molar-refractivity contribution >= 4 is 11.6 Å². The molecule has 112 valence electrons. The lowest BCUT2D eigenvalue weighted by atomic mass is 9.83. The van der Waals surface area contributed by atoms with Crippen molar-refractivity contribution in [3.05, 3.63) is 70.2 Å². The molecule has 2 aromatic carbocycles. The van der Waals surface area contributed by atoms with Gasteiger partial charge in [-0.25, -0.2) is 0 Å². The minimum Gasteiger partial charge on any atom is -0.321 e. The van der Waals surface area contributed by atoms with E-state index in [0.29, 0.717) is 0 Å². The van der Waals surface area contributed by atoms with Gasteiger partial charge in [-0.05, 0) is 41.5 Å². The molecule has 2 N–H and O–H groups in total. The van der Waals surface area contributed by atoms with Gasteiger partial charge < -0.3 is 5.73 Å². The predicted octanol–water partition coefficient (Wildman–Crippen LogP) is 5.05. The van der Waals surface area contributed by atoms with Gasteiger partial charge in [-0.15, -0.1) is 0 Å². The van der Waals surface area contributed by atoms with Crippen molar-refractivity contribution in [3.63, 3.8) is 0 Å². The van der Waals surface area contributed by atoms with Crippen LogP contribution in [-0.4, -0.2) is 0 Å².